The number of carbonyl (C=O) groups excluding carboxylic acids is 2. The fourth-order valence-electron chi connectivity index (χ4n) is 2.49. The highest BCUT2D eigenvalue weighted by atomic mass is 16.5. The Labute approximate surface area is 159 Å². The fourth-order valence-corrected chi connectivity index (χ4v) is 2.49. The highest BCUT2D eigenvalue weighted by Gasteiger charge is 2.36. The number of hydrogen-bond acceptors (Lipinski definition) is 4. The smallest absolute Gasteiger partial charge is 0.239 e. The number of anilines is 1. The maximum Gasteiger partial charge on any atom is 0.239 e. The highest BCUT2D eigenvalue weighted by Crippen LogP contribution is 2.30. The molecule has 2 amide bonds. The number of methoxy groups -OCH3 is 2. The minimum Gasteiger partial charge on any atom is -0.493 e. The predicted molar refractivity (Wildman–Crippen MR) is 105 cm³/mol. The second-order valence-corrected chi connectivity index (χ2v) is 6.64. The van der Waals surface area contributed by atoms with Gasteiger partial charge in [0, 0.05) is 18.3 Å². The topological polar surface area (TPSA) is 76.7 Å². The first-order valence-electron chi connectivity index (χ1n) is 8.74. The molecule has 6 heteroatoms. The van der Waals surface area contributed by atoms with Gasteiger partial charge >= 0.3 is 0 Å². The molecule has 2 aromatic rings. The summed E-state index contributed by atoms with van der Waals surface area (Å²) in [5.41, 5.74) is 0.442. The Hall–Kier alpha value is -3.02. The lowest BCUT2D eigenvalue weighted by atomic mass is 9.90. The molecule has 0 atom stereocenters. The van der Waals surface area contributed by atoms with Crippen LogP contribution in [0.5, 0.6) is 11.5 Å². The number of rotatable bonds is 8. The molecule has 2 rings (SSSR count). The lowest BCUT2D eigenvalue weighted by Gasteiger charge is -2.23. The summed E-state index contributed by atoms with van der Waals surface area (Å²) in [5.74, 6) is 0.345. The SMILES string of the molecule is COc1ccc(NC(=O)C(C)(C)C(=O)NCCc2ccccc2)cc1OC. The van der Waals surface area contributed by atoms with Gasteiger partial charge in [0.2, 0.25) is 11.8 Å². The molecule has 0 aliphatic heterocycles. The Morgan fingerprint density at radius 3 is 2.22 bits per heavy atom. The van der Waals surface area contributed by atoms with Gasteiger partial charge in [-0.2, -0.15) is 0 Å². The summed E-state index contributed by atoms with van der Waals surface area (Å²) in [5, 5.41) is 5.60. The zero-order chi connectivity index (χ0) is 19.9. The van der Waals surface area contributed by atoms with Crippen LogP contribution in [-0.2, 0) is 16.0 Å². The molecule has 0 fully saturated rings. The van der Waals surface area contributed by atoms with E-state index in [1.54, 1.807) is 39.2 Å². The van der Waals surface area contributed by atoms with Gasteiger partial charge in [-0.3, -0.25) is 9.59 Å². The first-order chi connectivity index (χ1) is 12.9. The Morgan fingerprint density at radius 1 is 0.926 bits per heavy atom. The van der Waals surface area contributed by atoms with Crippen LogP contribution in [0.3, 0.4) is 0 Å². The van der Waals surface area contributed by atoms with Crippen molar-refractivity contribution in [1.29, 1.82) is 0 Å². The van der Waals surface area contributed by atoms with Crippen molar-refractivity contribution in [3.8, 4) is 11.5 Å². The van der Waals surface area contributed by atoms with Gasteiger partial charge in [0.1, 0.15) is 5.41 Å². The molecule has 2 N–H and O–H groups in total. The summed E-state index contributed by atoms with van der Waals surface area (Å²) in [6.45, 7) is 3.66. The largest absolute Gasteiger partial charge is 0.493 e. The molecular formula is C21H26N2O4. The number of benzene rings is 2. The van der Waals surface area contributed by atoms with Crippen LogP contribution < -0.4 is 20.1 Å². The molecular weight excluding hydrogens is 344 g/mol. The van der Waals surface area contributed by atoms with E-state index in [1.807, 2.05) is 30.3 Å². The minimum absolute atomic E-state index is 0.323. The second kappa shape index (κ2) is 9.07. The average molecular weight is 370 g/mol. The van der Waals surface area contributed by atoms with Gasteiger partial charge in [-0.05, 0) is 38.0 Å². The molecule has 0 radical (unpaired) electrons. The second-order valence-electron chi connectivity index (χ2n) is 6.64. The quantitative estimate of drug-likeness (QED) is 0.701. The predicted octanol–water partition coefficient (Wildman–Crippen LogP) is 3.03. The van der Waals surface area contributed by atoms with E-state index in [4.69, 9.17) is 9.47 Å². The zero-order valence-corrected chi connectivity index (χ0v) is 16.2. The summed E-state index contributed by atoms with van der Waals surface area (Å²) in [6.07, 6.45) is 0.708. The van der Waals surface area contributed by atoms with Crippen molar-refractivity contribution in [2.24, 2.45) is 5.41 Å². The van der Waals surface area contributed by atoms with Gasteiger partial charge in [-0.25, -0.2) is 0 Å². The first-order valence-corrected chi connectivity index (χ1v) is 8.74. The summed E-state index contributed by atoms with van der Waals surface area (Å²) in [6, 6.07) is 14.9. The molecule has 0 unspecified atom stereocenters. The molecule has 2 aromatic carbocycles. The van der Waals surface area contributed by atoms with Crippen molar-refractivity contribution in [1.82, 2.24) is 5.32 Å². The van der Waals surface area contributed by atoms with E-state index in [0.29, 0.717) is 30.2 Å². The normalized spacial score (nSPS) is 10.8. The molecule has 0 spiro atoms. The van der Waals surface area contributed by atoms with E-state index in [2.05, 4.69) is 10.6 Å². The van der Waals surface area contributed by atoms with E-state index in [9.17, 15) is 9.59 Å². The summed E-state index contributed by atoms with van der Waals surface area (Å²) >= 11 is 0. The Balaban J connectivity index is 1.96. The molecule has 0 saturated heterocycles. The third-order valence-corrected chi connectivity index (χ3v) is 4.32. The van der Waals surface area contributed by atoms with Crippen molar-refractivity contribution in [2.45, 2.75) is 20.3 Å². The average Bonchev–Trinajstić information content (AvgIpc) is 2.68. The van der Waals surface area contributed by atoms with E-state index in [-0.39, 0.29) is 5.91 Å². The Bertz CT molecular complexity index is 788. The summed E-state index contributed by atoms with van der Waals surface area (Å²) < 4.78 is 10.4. The third-order valence-electron chi connectivity index (χ3n) is 4.32. The van der Waals surface area contributed by atoms with E-state index in [1.165, 1.54) is 7.11 Å². The monoisotopic (exact) mass is 370 g/mol. The van der Waals surface area contributed by atoms with Gasteiger partial charge in [-0.15, -0.1) is 0 Å². The number of carbonyl (C=O) groups is 2. The van der Waals surface area contributed by atoms with Gasteiger partial charge in [0.25, 0.3) is 0 Å². The van der Waals surface area contributed by atoms with Crippen LogP contribution in [0.2, 0.25) is 0 Å². The van der Waals surface area contributed by atoms with Crippen LogP contribution in [0, 0.1) is 5.41 Å². The number of nitrogens with one attached hydrogen (secondary N) is 2. The van der Waals surface area contributed by atoms with Crippen molar-refractivity contribution in [3.05, 3.63) is 54.1 Å². The lowest BCUT2D eigenvalue weighted by molar-refractivity contribution is -0.138. The molecule has 0 aliphatic carbocycles. The molecule has 27 heavy (non-hydrogen) atoms. The molecule has 6 nitrogen and oxygen atoms in total. The van der Waals surface area contributed by atoms with Gasteiger partial charge in [0.05, 0.1) is 14.2 Å². The minimum atomic E-state index is -1.22. The van der Waals surface area contributed by atoms with Crippen LogP contribution in [0.4, 0.5) is 5.69 Å². The molecule has 0 aromatic heterocycles. The first kappa shape index (κ1) is 20.3. The van der Waals surface area contributed by atoms with Crippen molar-refractivity contribution in [3.63, 3.8) is 0 Å². The molecule has 0 heterocycles. The van der Waals surface area contributed by atoms with E-state index in [0.717, 1.165) is 5.56 Å². The van der Waals surface area contributed by atoms with Crippen LogP contribution >= 0.6 is 0 Å². The Kier molecular flexibility index (Phi) is 6.82. The third kappa shape index (κ3) is 5.23. The molecule has 144 valence electrons. The number of ether oxygens (including phenoxy) is 2. The summed E-state index contributed by atoms with van der Waals surface area (Å²) in [4.78, 5) is 25.1. The van der Waals surface area contributed by atoms with Crippen LogP contribution in [0.1, 0.15) is 19.4 Å². The fraction of sp³-hybridized carbons (Fsp3) is 0.333. The maximum atomic E-state index is 12.6. The molecule has 0 aliphatic rings. The molecule has 0 bridgehead atoms. The van der Waals surface area contributed by atoms with Crippen molar-refractivity contribution < 1.29 is 19.1 Å². The highest BCUT2D eigenvalue weighted by molar-refractivity contribution is 6.09. The van der Waals surface area contributed by atoms with Gasteiger partial charge in [0.15, 0.2) is 11.5 Å². The lowest BCUT2D eigenvalue weighted by Crippen LogP contribution is -2.45. The molecule has 0 saturated carbocycles. The maximum absolute atomic E-state index is 12.6. The summed E-state index contributed by atoms with van der Waals surface area (Å²) in [7, 11) is 3.06. The van der Waals surface area contributed by atoms with Gasteiger partial charge < -0.3 is 20.1 Å². The van der Waals surface area contributed by atoms with Crippen molar-refractivity contribution >= 4 is 17.5 Å². The van der Waals surface area contributed by atoms with Crippen molar-refractivity contribution in [2.75, 3.05) is 26.1 Å². The van der Waals surface area contributed by atoms with Crippen LogP contribution in [0.25, 0.3) is 0 Å². The van der Waals surface area contributed by atoms with Gasteiger partial charge in [-0.1, -0.05) is 30.3 Å². The van der Waals surface area contributed by atoms with Crippen LogP contribution in [-0.4, -0.2) is 32.6 Å². The zero-order valence-electron chi connectivity index (χ0n) is 16.2. The number of amides is 2. The van der Waals surface area contributed by atoms with E-state index >= 15 is 0 Å². The van der Waals surface area contributed by atoms with Crippen LogP contribution in [0.15, 0.2) is 48.5 Å². The number of hydrogen-bond donors (Lipinski definition) is 2. The standard InChI is InChI=1S/C21H26N2O4/c1-21(2,19(24)22-13-12-15-8-6-5-7-9-15)20(25)23-16-10-11-17(26-3)18(14-16)27-4/h5-11,14H,12-13H2,1-4H3,(H,22,24)(H,23,25). The van der Waals surface area contributed by atoms with E-state index < -0.39 is 11.3 Å². The Morgan fingerprint density at radius 2 is 1.59 bits per heavy atom.